The van der Waals surface area contributed by atoms with Crippen LogP contribution in [-0.4, -0.2) is 40.0 Å². The second kappa shape index (κ2) is 11.5. The summed E-state index contributed by atoms with van der Waals surface area (Å²) in [6.45, 7) is 4.02. The summed E-state index contributed by atoms with van der Waals surface area (Å²) >= 11 is 1.55. The van der Waals surface area contributed by atoms with Gasteiger partial charge in [-0.2, -0.15) is 11.8 Å². The molecular formula is C27H28N2O3S. The van der Waals surface area contributed by atoms with Crippen molar-refractivity contribution < 1.29 is 14.7 Å². The number of carboxylic acid groups (broad SMARTS) is 1. The van der Waals surface area contributed by atoms with Gasteiger partial charge >= 0.3 is 5.97 Å². The number of pyridine rings is 1. The molecule has 170 valence electrons. The molecule has 0 saturated heterocycles. The average molecular weight is 461 g/mol. The smallest absolute Gasteiger partial charge is 0.326 e. The lowest BCUT2D eigenvalue weighted by Crippen LogP contribution is -2.41. The number of aliphatic carboxylic acids is 1. The molecule has 0 aliphatic carbocycles. The zero-order valence-electron chi connectivity index (χ0n) is 19.0. The van der Waals surface area contributed by atoms with Gasteiger partial charge in [0.1, 0.15) is 6.04 Å². The van der Waals surface area contributed by atoms with Gasteiger partial charge in [-0.05, 0) is 83.9 Å². The van der Waals surface area contributed by atoms with Gasteiger partial charge in [-0.3, -0.25) is 9.78 Å². The Morgan fingerprint density at radius 2 is 1.91 bits per heavy atom. The van der Waals surface area contributed by atoms with E-state index < -0.39 is 12.0 Å². The molecule has 1 atom stereocenters. The van der Waals surface area contributed by atoms with Crippen molar-refractivity contribution in [2.24, 2.45) is 0 Å². The fraction of sp³-hybridized carbons (Fsp3) is 0.222. The van der Waals surface area contributed by atoms with E-state index in [1.807, 2.05) is 74.8 Å². The number of benzene rings is 2. The highest BCUT2D eigenvalue weighted by molar-refractivity contribution is 7.98. The predicted octanol–water partition coefficient (Wildman–Crippen LogP) is 5.55. The SMILES string of the molecule is CSCC[C@H](NC(=O)c1ccc(/C=C(\C)c2cccnc2)cc1-c1ccccc1C)C(=O)O. The largest absolute Gasteiger partial charge is 0.480 e. The van der Waals surface area contributed by atoms with Crippen LogP contribution in [0.1, 0.15) is 40.4 Å². The molecule has 0 unspecified atom stereocenters. The van der Waals surface area contributed by atoms with E-state index in [9.17, 15) is 14.7 Å². The van der Waals surface area contributed by atoms with Crippen molar-refractivity contribution in [2.45, 2.75) is 26.3 Å². The van der Waals surface area contributed by atoms with Gasteiger partial charge in [0.2, 0.25) is 0 Å². The molecule has 0 saturated carbocycles. The van der Waals surface area contributed by atoms with E-state index in [1.165, 1.54) is 0 Å². The van der Waals surface area contributed by atoms with Crippen LogP contribution in [-0.2, 0) is 4.79 Å². The first kappa shape index (κ1) is 24.3. The van der Waals surface area contributed by atoms with Gasteiger partial charge in [0, 0.05) is 18.0 Å². The number of carboxylic acids is 1. The highest BCUT2D eigenvalue weighted by Gasteiger charge is 2.22. The van der Waals surface area contributed by atoms with Crippen molar-refractivity contribution in [3.8, 4) is 11.1 Å². The highest BCUT2D eigenvalue weighted by atomic mass is 32.2. The molecule has 0 aliphatic heterocycles. The van der Waals surface area contributed by atoms with Crippen molar-refractivity contribution >= 4 is 35.3 Å². The van der Waals surface area contributed by atoms with Gasteiger partial charge in [-0.25, -0.2) is 4.79 Å². The van der Waals surface area contributed by atoms with Crippen LogP contribution in [0, 0.1) is 6.92 Å². The maximum absolute atomic E-state index is 13.2. The maximum Gasteiger partial charge on any atom is 0.326 e. The fourth-order valence-electron chi connectivity index (χ4n) is 3.61. The third-order valence-corrected chi connectivity index (χ3v) is 6.08. The van der Waals surface area contributed by atoms with Gasteiger partial charge in [0.25, 0.3) is 5.91 Å². The molecule has 2 N–H and O–H groups in total. The van der Waals surface area contributed by atoms with Crippen LogP contribution < -0.4 is 5.32 Å². The fourth-order valence-corrected chi connectivity index (χ4v) is 4.08. The first-order chi connectivity index (χ1) is 15.9. The van der Waals surface area contributed by atoms with E-state index in [1.54, 1.807) is 24.0 Å². The molecule has 1 aromatic heterocycles. The van der Waals surface area contributed by atoms with E-state index in [0.717, 1.165) is 33.4 Å². The Bertz CT molecular complexity index is 1160. The standard InChI is InChI=1S/C27H28N2O3S/c1-18-7-4-5-9-22(18)24-16-20(15-19(2)21-8-6-13-28-17-21)10-11-23(24)26(30)29-25(27(31)32)12-14-33-3/h4-11,13,15-17,25H,12,14H2,1-3H3,(H,29,30)(H,31,32)/b19-15+/t25-/m0/s1. The minimum atomic E-state index is -1.03. The number of amides is 1. The summed E-state index contributed by atoms with van der Waals surface area (Å²) in [4.78, 5) is 29.0. The molecule has 3 aromatic rings. The third kappa shape index (κ3) is 6.33. The summed E-state index contributed by atoms with van der Waals surface area (Å²) in [6.07, 6.45) is 7.89. The number of hydrogen-bond acceptors (Lipinski definition) is 4. The summed E-state index contributed by atoms with van der Waals surface area (Å²) in [6, 6.07) is 16.5. The Labute approximate surface area is 199 Å². The number of allylic oxidation sites excluding steroid dienone is 1. The molecule has 0 radical (unpaired) electrons. The summed E-state index contributed by atoms with van der Waals surface area (Å²) in [5.41, 5.74) is 6.22. The molecule has 2 aromatic carbocycles. The second-order valence-electron chi connectivity index (χ2n) is 7.83. The van der Waals surface area contributed by atoms with Crippen molar-refractivity contribution in [1.29, 1.82) is 0 Å². The van der Waals surface area contributed by atoms with Gasteiger partial charge in [-0.1, -0.05) is 42.5 Å². The molecule has 6 heteroatoms. The van der Waals surface area contributed by atoms with E-state index in [2.05, 4.69) is 16.4 Å². The molecular weight excluding hydrogens is 432 g/mol. The number of thioether (sulfide) groups is 1. The van der Waals surface area contributed by atoms with Crippen molar-refractivity contribution in [1.82, 2.24) is 10.3 Å². The first-order valence-corrected chi connectivity index (χ1v) is 12.1. The quantitative estimate of drug-likeness (QED) is 0.437. The zero-order valence-corrected chi connectivity index (χ0v) is 19.9. The third-order valence-electron chi connectivity index (χ3n) is 5.44. The van der Waals surface area contributed by atoms with Gasteiger partial charge in [0.15, 0.2) is 0 Å². The van der Waals surface area contributed by atoms with Crippen molar-refractivity contribution in [2.75, 3.05) is 12.0 Å². The van der Waals surface area contributed by atoms with Crippen molar-refractivity contribution in [3.63, 3.8) is 0 Å². The van der Waals surface area contributed by atoms with Crippen LogP contribution in [0.25, 0.3) is 22.8 Å². The Balaban J connectivity index is 2.02. The molecule has 1 amide bonds. The van der Waals surface area contributed by atoms with Gasteiger partial charge in [-0.15, -0.1) is 0 Å². The molecule has 0 bridgehead atoms. The van der Waals surface area contributed by atoms with E-state index in [-0.39, 0.29) is 5.91 Å². The van der Waals surface area contributed by atoms with E-state index >= 15 is 0 Å². The van der Waals surface area contributed by atoms with Crippen LogP contribution in [0.2, 0.25) is 0 Å². The zero-order chi connectivity index (χ0) is 23.8. The number of carbonyl (C=O) groups excluding carboxylic acids is 1. The normalized spacial score (nSPS) is 12.3. The highest BCUT2D eigenvalue weighted by Crippen LogP contribution is 2.29. The lowest BCUT2D eigenvalue weighted by molar-refractivity contribution is -0.139. The number of aryl methyl sites for hydroxylation is 1. The molecule has 0 spiro atoms. The first-order valence-electron chi connectivity index (χ1n) is 10.7. The Hall–Kier alpha value is -3.38. The number of nitrogens with one attached hydrogen (secondary N) is 1. The topological polar surface area (TPSA) is 79.3 Å². The van der Waals surface area contributed by atoms with Gasteiger partial charge in [0.05, 0.1) is 0 Å². The molecule has 33 heavy (non-hydrogen) atoms. The summed E-state index contributed by atoms with van der Waals surface area (Å²) < 4.78 is 0. The van der Waals surface area contributed by atoms with Crippen molar-refractivity contribution in [3.05, 3.63) is 89.2 Å². The minimum Gasteiger partial charge on any atom is -0.480 e. The Morgan fingerprint density at radius 3 is 2.58 bits per heavy atom. The molecule has 0 aliphatic rings. The van der Waals surface area contributed by atoms with Crippen LogP contribution in [0.4, 0.5) is 0 Å². The summed E-state index contributed by atoms with van der Waals surface area (Å²) in [5.74, 6) is -0.762. The minimum absolute atomic E-state index is 0.368. The summed E-state index contributed by atoms with van der Waals surface area (Å²) in [7, 11) is 0. The van der Waals surface area contributed by atoms with Crippen LogP contribution >= 0.6 is 11.8 Å². The summed E-state index contributed by atoms with van der Waals surface area (Å²) in [5, 5.41) is 12.2. The second-order valence-corrected chi connectivity index (χ2v) is 8.82. The monoisotopic (exact) mass is 460 g/mol. The Morgan fingerprint density at radius 1 is 1.12 bits per heavy atom. The molecule has 1 heterocycles. The Kier molecular flexibility index (Phi) is 8.44. The van der Waals surface area contributed by atoms with Crippen LogP contribution in [0.15, 0.2) is 67.0 Å². The predicted molar refractivity (Wildman–Crippen MR) is 136 cm³/mol. The molecule has 5 nitrogen and oxygen atoms in total. The maximum atomic E-state index is 13.2. The molecule has 3 rings (SSSR count). The number of rotatable bonds is 9. The lowest BCUT2D eigenvalue weighted by atomic mass is 9.93. The van der Waals surface area contributed by atoms with E-state index in [0.29, 0.717) is 17.7 Å². The lowest BCUT2D eigenvalue weighted by Gasteiger charge is -2.17. The van der Waals surface area contributed by atoms with Gasteiger partial charge < -0.3 is 10.4 Å². The average Bonchev–Trinajstić information content (AvgIpc) is 2.82. The van der Waals surface area contributed by atoms with E-state index in [4.69, 9.17) is 0 Å². The molecule has 0 fully saturated rings. The number of carbonyl (C=O) groups is 2. The van der Waals surface area contributed by atoms with Crippen LogP contribution in [0.5, 0.6) is 0 Å². The number of aromatic nitrogens is 1. The van der Waals surface area contributed by atoms with Crippen LogP contribution in [0.3, 0.4) is 0 Å². The number of hydrogen-bond donors (Lipinski definition) is 2. The number of nitrogens with zero attached hydrogens (tertiary/aromatic N) is 1.